The molecule has 0 saturated carbocycles. The Morgan fingerprint density at radius 2 is 2.33 bits per heavy atom. The van der Waals surface area contributed by atoms with Crippen LogP contribution in [0.25, 0.3) is 0 Å². The van der Waals surface area contributed by atoms with Crippen molar-refractivity contribution in [2.24, 2.45) is 0 Å². The molecule has 0 spiro atoms. The Labute approximate surface area is 93.2 Å². The first kappa shape index (κ1) is 12.2. The Hall–Kier alpha value is -0.910. The van der Waals surface area contributed by atoms with Crippen LogP contribution in [0.5, 0.6) is 0 Å². The highest BCUT2D eigenvalue weighted by Gasteiger charge is 2.22. The maximum Gasteiger partial charge on any atom is 0.323 e. The first-order chi connectivity index (χ1) is 7.13. The number of nitrogens with zero attached hydrogens (tertiary/aromatic N) is 1. The van der Waals surface area contributed by atoms with Crippen molar-refractivity contribution in [2.75, 3.05) is 25.4 Å². The van der Waals surface area contributed by atoms with Crippen LogP contribution in [0.1, 0.15) is 13.3 Å². The fraction of sp³-hybridized carbons (Fsp3) is 0.778. The molecule has 1 fully saturated rings. The highest BCUT2D eigenvalue weighted by molar-refractivity contribution is 8.00. The summed E-state index contributed by atoms with van der Waals surface area (Å²) in [5, 5.41) is 11.3. The van der Waals surface area contributed by atoms with E-state index in [4.69, 9.17) is 5.11 Å². The molecule has 86 valence electrons. The molecular formula is C9H16N2O3S. The number of carbonyl (C=O) groups is 2. The average molecular weight is 232 g/mol. The number of nitrogens with one attached hydrogen (secondary N) is 1. The lowest BCUT2D eigenvalue weighted by Gasteiger charge is -2.31. The Kier molecular flexibility index (Phi) is 4.74. The van der Waals surface area contributed by atoms with Crippen molar-refractivity contribution in [1.82, 2.24) is 10.2 Å². The van der Waals surface area contributed by atoms with E-state index in [-0.39, 0.29) is 12.6 Å². The third-order valence-corrected chi connectivity index (χ3v) is 3.64. The SMILES string of the molecule is CCC1CN(C(=O)NCC(=O)O)CCS1. The maximum absolute atomic E-state index is 11.5. The average Bonchev–Trinajstić information content (AvgIpc) is 2.26. The summed E-state index contributed by atoms with van der Waals surface area (Å²) in [4.78, 5) is 23.5. The van der Waals surface area contributed by atoms with Crippen LogP contribution in [0, 0.1) is 0 Å². The predicted octanol–water partition coefficient (Wildman–Crippen LogP) is 0.608. The summed E-state index contributed by atoms with van der Waals surface area (Å²) >= 11 is 1.87. The highest BCUT2D eigenvalue weighted by Crippen LogP contribution is 2.20. The van der Waals surface area contributed by atoms with Crippen LogP contribution >= 0.6 is 11.8 Å². The summed E-state index contributed by atoms with van der Waals surface area (Å²) in [6.45, 7) is 3.20. The van der Waals surface area contributed by atoms with Gasteiger partial charge >= 0.3 is 12.0 Å². The van der Waals surface area contributed by atoms with Gasteiger partial charge in [-0.25, -0.2) is 4.79 Å². The second-order valence-corrected chi connectivity index (χ2v) is 4.81. The summed E-state index contributed by atoms with van der Waals surface area (Å²) < 4.78 is 0. The summed E-state index contributed by atoms with van der Waals surface area (Å²) in [6.07, 6.45) is 1.04. The number of rotatable bonds is 3. The molecule has 1 heterocycles. The van der Waals surface area contributed by atoms with E-state index in [2.05, 4.69) is 12.2 Å². The maximum atomic E-state index is 11.5. The van der Waals surface area contributed by atoms with E-state index in [1.165, 1.54) is 0 Å². The van der Waals surface area contributed by atoms with Gasteiger partial charge in [-0.1, -0.05) is 6.92 Å². The number of urea groups is 1. The minimum absolute atomic E-state index is 0.267. The number of carbonyl (C=O) groups excluding carboxylic acids is 1. The third-order valence-electron chi connectivity index (χ3n) is 2.27. The molecule has 15 heavy (non-hydrogen) atoms. The van der Waals surface area contributed by atoms with E-state index in [9.17, 15) is 9.59 Å². The van der Waals surface area contributed by atoms with Crippen molar-refractivity contribution in [3.8, 4) is 0 Å². The summed E-state index contributed by atoms with van der Waals surface area (Å²) in [5.41, 5.74) is 0. The van der Waals surface area contributed by atoms with Crippen molar-refractivity contribution in [2.45, 2.75) is 18.6 Å². The summed E-state index contributed by atoms with van der Waals surface area (Å²) in [6, 6.07) is -0.267. The lowest BCUT2D eigenvalue weighted by Crippen LogP contribution is -2.47. The first-order valence-electron chi connectivity index (χ1n) is 4.99. The van der Waals surface area contributed by atoms with Gasteiger partial charge in [0.2, 0.25) is 0 Å². The smallest absolute Gasteiger partial charge is 0.323 e. The standard InChI is InChI=1S/C9H16N2O3S/c1-2-7-6-11(3-4-15-7)9(14)10-5-8(12)13/h7H,2-6H2,1H3,(H,10,14)(H,12,13). The Morgan fingerprint density at radius 3 is 2.93 bits per heavy atom. The largest absolute Gasteiger partial charge is 0.480 e. The van der Waals surface area contributed by atoms with Gasteiger partial charge in [0.05, 0.1) is 0 Å². The van der Waals surface area contributed by atoms with Gasteiger partial charge in [0.15, 0.2) is 0 Å². The zero-order chi connectivity index (χ0) is 11.3. The van der Waals surface area contributed by atoms with Gasteiger partial charge in [0.1, 0.15) is 6.54 Å². The number of aliphatic carboxylic acids is 1. The molecule has 1 unspecified atom stereocenters. The van der Waals surface area contributed by atoms with Crippen LogP contribution in [-0.4, -0.2) is 52.6 Å². The van der Waals surface area contributed by atoms with Gasteiger partial charge in [0, 0.05) is 24.1 Å². The van der Waals surface area contributed by atoms with E-state index in [1.54, 1.807) is 4.90 Å². The molecule has 1 aliphatic rings. The molecule has 1 rings (SSSR count). The lowest BCUT2D eigenvalue weighted by atomic mass is 10.3. The van der Waals surface area contributed by atoms with Crippen LogP contribution in [-0.2, 0) is 4.79 Å². The van der Waals surface area contributed by atoms with Crippen molar-refractivity contribution < 1.29 is 14.7 Å². The number of amides is 2. The molecule has 0 aromatic carbocycles. The minimum Gasteiger partial charge on any atom is -0.480 e. The number of thioether (sulfide) groups is 1. The van der Waals surface area contributed by atoms with E-state index in [1.807, 2.05) is 11.8 Å². The van der Waals surface area contributed by atoms with Gasteiger partial charge in [-0.15, -0.1) is 0 Å². The van der Waals surface area contributed by atoms with Crippen LogP contribution in [0.15, 0.2) is 0 Å². The number of carboxylic acids is 1. The molecule has 5 nitrogen and oxygen atoms in total. The second-order valence-electron chi connectivity index (χ2n) is 3.40. The van der Waals surface area contributed by atoms with E-state index in [0.717, 1.165) is 12.2 Å². The van der Waals surface area contributed by atoms with E-state index in [0.29, 0.717) is 18.3 Å². The highest BCUT2D eigenvalue weighted by atomic mass is 32.2. The normalized spacial score (nSPS) is 21.1. The molecule has 2 N–H and O–H groups in total. The predicted molar refractivity (Wildman–Crippen MR) is 59.1 cm³/mol. The van der Waals surface area contributed by atoms with E-state index >= 15 is 0 Å². The molecule has 0 radical (unpaired) electrons. The van der Waals surface area contributed by atoms with Crippen LogP contribution in [0.2, 0.25) is 0 Å². The fourth-order valence-corrected chi connectivity index (χ4v) is 2.59. The molecule has 6 heteroatoms. The van der Waals surface area contributed by atoms with Gasteiger partial charge in [-0.05, 0) is 6.42 Å². The van der Waals surface area contributed by atoms with E-state index < -0.39 is 5.97 Å². The molecule has 0 aromatic rings. The minimum atomic E-state index is -1.01. The molecule has 0 bridgehead atoms. The molecule has 2 amide bonds. The number of hydrogen-bond acceptors (Lipinski definition) is 3. The van der Waals surface area contributed by atoms with Gasteiger partial charge in [-0.2, -0.15) is 11.8 Å². The fourth-order valence-electron chi connectivity index (χ4n) is 1.41. The molecule has 1 atom stereocenters. The Morgan fingerprint density at radius 1 is 1.60 bits per heavy atom. The molecular weight excluding hydrogens is 216 g/mol. The topological polar surface area (TPSA) is 69.6 Å². The van der Waals surface area contributed by atoms with Crippen LogP contribution in [0.4, 0.5) is 4.79 Å². The van der Waals surface area contributed by atoms with Crippen molar-refractivity contribution in [1.29, 1.82) is 0 Å². The summed E-state index contributed by atoms with van der Waals surface area (Å²) in [5.74, 6) is -0.0827. The monoisotopic (exact) mass is 232 g/mol. The van der Waals surface area contributed by atoms with Crippen LogP contribution < -0.4 is 5.32 Å². The van der Waals surface area contributed by atoms with Gasteiger partial charge < -0.3 is 15.3 Å². The zero-order valence-electron chi connectivity index (χ0n) is 8.73. The molecule has 1 aliphatic heterocycles. The Balaban J connectivity index is 2.35. The zero-order valence-corrected chi connectivity index (χ0v) is 9.55. The number of hydrogen-bond donors (Lipinski definition) is 2. The molecule has 0 aliphatic carbocycles. The third kappa shape index (κ3) is 3.99. The van der Waals surface area contributed by atoms with Gasteiger partial charge in [-0.3, -0.25) is 4.79 Å². The second kappa shape index (κ2) is 5.85. The van der Waals surface area contributed by atoms with Crippen molar-refractivity contribution in [3.05, 3.63) is 0 Å². The van der Waals surface area contributed by atoms with Crippen LogP contribution in [0.3, 0.4) is 0 Å². The first-order valence-corrected chi connectivity index (χ1v) is 6.04. The van der Waals surface area contributed by atoms with Crippen molar-refractivity contribution in [3.63, 3.8) is 0 Å². The lowest BCUT2D eigenvalue weighted by molar-refractivity contribution is -0.135. The number of carboxylic acid groups (broad SMARTS) is 1. The van der Waals surface area contributed by atoms with Gasteiger partial charge in [0.25, 0.3) is 0 Å². The molecule has 1 saturated heterocycles. The Bertz CT molecular complexity index is 248. The summed E-state index contributed by atoms with van der Waals surface area (Å²) in [7, 11) is 0. The van der Waals surface area contributed by atoms with Crippen molar-refractivity contribution >= 4 is 23.8 Å². The molecule has 0 aromatic heterocycles. The quantitative estimate of drug-likeness (QED) is 0.748.